The lowest BCUT2D eigenvalue weighted by molar-refractivity contribution is -0.136. The molecule has 7 nitrogen and oxygen atoms in total. The van der Waals surface area contributed by atoms with Crippen LogP contribution < -0.4 is 15.5 Å². The minimum Gasteiger partial charge on any atom is -0.386 e. The van der Waals surface area contributed by atoms with Gasteiger partial charge in [0.2, 0.25) is 5.91 Å². The van der Waals surface area contributed by atoms with E-state index in [0.29, 0.717) is 18.5 Å². The molecule has 1 aromatic carbocycles. The molecule has 8 heteroatoms. The number of aliphatic hydroxyl groups is 1. The van der Waals surface area contributed by atoms with Crippen molar-refractivity contribution in [1.82, 2.24) is 5.32 Å². The van der Waals surface area contributed by atoms with Gasteiger partial charge in [-0.05, 0) is 54.0 Å². The highest BCUT2D eigenvalue weighted by molar-refractivity contribution is 7.10. The number of aryl methyl sites for hydroxylation is 2. The van der Waals surface area contributed by atoms with Crippen LogP contribution in [0.25, 0.3) is 0 Å². The topological polar surface area (TPSA) is 98.7 Å². The number of hydrogen-bond acceptors (Lipinski definition) is 5. The monoisotopic (exact) mass is 399 g/mol. The minimum absolute atomic E-state index is 0.0285. The molecule has 3 heterocycles. The molecule has 146 valence electrons. The van der Waals surface area contributed by atoms with Gasteiger partial charge in [0.1, 0.15) is 6.10 Å². The Morgan fingerprint density at radius 3 is 2.71 bits per heavy atom. The SMILES string of the molecule is O=C(NCC(O)c1cccs1)C(=O)Nc1cc2c3c(c1)CCC(=O)N3CCC2. The highest BCUT2D eigenvalue weighted by Crippen LogP contribution is 2.37. The molecule has 28 heavy (non-hydrogen) atoms. The normalized spacial score (nSPS) is 16.3. The summed E-state index contributed by atoms with van der Waals surface area (Å²) in [6, 6.07) is 7.27. The second-order valence-corrected chi connectivity index (χ2v) is 7.97. The molecule has 0 saturated heterocycles. The van der Waals surface area contributed by atoms with Gasteiger partial charge in [-0.3, -0.25) is 14.4 Å². The summed E-state index contributed by atoms with van der Waals surface area (Å²) in [5, 5.41) is 17.0. The molecule has 1 atom stereocenters. The van der Waals surface area contributed by atoms with Crippen LogP contribution in [-0.2, 0) is 27.2 Å². The predicted octanol–water partition coefficient (Wildman–Crippen LogP) is 1.76. The average Bonchev–Trinajstić information content (AvgIpc) is 3.23. The average molecular weight is 399 g/mol. The fraction of sp³-hybridized carbons (Fsp3) is 0.350. The Balaban J connectivity index is 1.42. The highest BCUT2D eigenvalue weighted by atomic mass is 32.1. The summed E-state index contributed by atoms with van der Waals surface area (Å²) < 4.78 is 0. The van der Waals surface area contributed by atoms with E-state index in [1.165, 1.54) is 11.3 Å². The van der Waals surface area contributed by atoms with Crippen LogP contribution in [0.3, 0.4) is 0 Å². The Bertz CT molecular complexity index is 909. The molecule has 0 spiro atoms. The van der Waals surface area contributed by atoms with Gasteiger partial charge in [0, 0.05) is 30.1 Å². The van der Waals surface area contributed by atoms with Crippen molar-refractivity contribution in [3.63, 3.8) is 0 Å². The van der Waals surface area contributed by atoms with Crippen LogP contribution in [0.4, 0.5) is 11.4 Å². The summed E-state index contributed by atoms with van der Waals surface area (Å²) >= 11 is 1.39. The van der Waals surface area contributed by atoms with Crippen LogP contribution in [0.5, 0.6) is 0 Å². The first-order chi connectivity index (χ1) is 13.5. The molecule has 2 aliphatic rings. The zero-order chi connectivity index (χ0) is 19.7. The molecule has 0 aliphatic carbocycles. The van der Waals surface area contributed by atoms with Crippen LogP contribution in [0, 0.1) is 0 Å². The lowest BCUT2D eigenvalue weighted by Gasteiger charge is -2.35. The molecule has 4 rings (SSSR count). The van der Waals surface area contributed by atoms with Crippen molar-refractivity contribution in [3.8, 4) is 0 Å². The van der Waals surface area contributed by atoms with Gasteiger partial charge in [0.15, 0.2) is 0 Å². The van der Waals surface area contributed by atoms with Crippen LogP contribution in [-0.4, -0.2) is 35.9 Å². The number of amides is 3. The maximum atomic E-state index is 12.2. The van der Waals surface area contributed by atoms with E-state index in [4.69, 9.17) is 0 Å². The summed E-state index contributed by atoms with van der Waals surface area (Å²) in [5.74, 6) is -1.42. The van der Waals surface area contributed by atoms with E-state index >= 15 is 0 Å². The fourth-order valence-corrected chi connectivity index (χ4v) is 4.48. The van der Waals surface area contributed by atoms with E-state index in [-0.39, 0.29) is 12.5 Å². The fourth-order valence-electron chi connectivity index (χ4n) is 3.76. The molecule has 2 aromatic rings. The van der Waals surface area contributed by atoms with E-state index in [0.717, 1.165) is 41.1 Å². The number of anilines is 2. The van der Waals surface area contributed by atoms with Gasteiger partial charge >= 0.3 is 11.8 Å². The molecule has 3 N–H and O–H groups in total. The van der Waals surface area contributed by atoms with Gasteiger partial charge in [-0.1, -0.05) is 6.07 Å². The van der Waals surface area contributed by atoms with Crippen molar-refractivity contribution in [3.05, 3.63) is 45.6 Å². The van der Waals surface area contributed by atoms with E-state index in [1.54, 1.807) is 6.07 Å². The molecule has 0 bridgehead atoms. The number of hydrogen-bond donors (Lipinski definition) is 3. The number of nitrogens with one attached hydrogen (secondary N) is 2. The van der Waals surface area contributed by atoms with E-state index < -0.39 is 17.9 Å². The first-order valence-corrected chi connectivity index (χ1v) is 10.2. The largest absolute Gasteiger partial charge is 0.386 e. The van der Waals surface area contributed by atoms with Gasteiger partial charge in [0.05, 0.1) is 5.69 Å². The summed E-state index contributed by atoms with van der Waals surface area (Å²) in [4.78, 5) is 39.0. The predicted molar refractivity (Wildman–Crippen MR) is 106 cm³/mol. The maximum Gasteiger partial charge on any atom is 0.313 e. The molecule has 0 radical (unpaired) electrons. The van der Waals surface area contributed by atoms with Crippen molar-refractivity contribution in [2.75, 3.05) is 23.3 Å². The Kier molecular flexibility index (Phi) is 5.15. The lowest BCUT2D eigenvalue weighted by atomic mass is 9.91. The van der Waals surface area contributed by atoms with Crippen molar-refractivity contribution >= 4 is 40.4 Å². The zero-order valence-corrected chi connectivity index (χ0v) is 16.1. The molecule has 1 aromatic heterocycles. The number of rotatable bonds is 4. The van der Waals surface area contributed by atoms with E-state index in [2.05, 4.69) is 10.6 Å². The third-order valence-corrected chi connectivity index (χ3v) is 6.04. The molecule has 0 saturated carbocycles. The van der Waals surface area contributed by atoms with Gasteiger partial charge in [-0.25, -0.2) is 0 Å². The van der Waals surface area contributed by atoms with Crippen molar-refractivity contribution in [1.29, 1.82) is 0 Å². The molecule has 2 aliphatic heterocycles. The number of benzene rings is 1. The van der Waals surface area contributed by atoms with Crippen LogP contribution in [0.1, 0.15) is 34.9 Å². The summed E-state index contributed by atoms with van der Waals surface area (Å²) in [5.41, 5.74) is 3.59. The van der Waals surface area contributed by atoms with Crippen molar-refractivity contribution in [2.45, 2.75) is 31.8 Å². The van der Waals surface area contributed by atoms with E-state index in [9.17, 15) is 19.5 Å². The second kappa shape index (κ2) is 7.73. The number of carbonyl (C=O) groups excluding carboxylic acids is 3. The van der Waals surface area contributed by atoms with Gasteiger partial charge in [-0.15, -0.1) is 11.3 Å². The van der Waals surface area contributed by atoms with Crippen molar-refractivity contribution in [2.24, 2.45) is 0 Å². The summed E-state index contributed by atoms with van der Waals surface area (Å²) in [6.07, 6.45) is 1.99. The molecular weight excluding hydrogens is 378 g/mol. The molecule has 0 fully saturated rings. The number of aliphatic hydroxyl groups excluding tert-OH is 1. The van der Waals surface area contributed by atoms with Crippen molar-refractivity contribution < 1.29 is 19.5 Å². The summed E-state index contributed by atoms with van der Waals surface area (Å²) in [6.45, 7) is 0.707. The Labute approximate surface area is 166 Å². The quantitative estimate of drug-likeness (QED) is 0.683. The molecular formula is C20H21N3O4S. The van der Waals surface area contributed by atoms with Gasteiger partial charge in [0.25, 0.3) is 0 Å². The first-order valence-electron chi connectivity index (χ1n) is 9.30. The maximum absolute atomic E-state index is 12.2. The summed E-state index contributed by atoms with van der Waals surface area (Å²) in [7, 11) is 0. The molecule has 3 amide bonds. The first kappa shape index (κ1) is 18.6. The second-order valence-electron chi connectivity index (χ2n) is 6.99. The standard InChI is InChI=1S/C20H21N3O4S/c24-15(16-4-2-8-28-16)11-21-19(26)20(27)22-14-9-12-3-1-7-23-17(25)6-5-13(10-14)18(12)23/h2,4,8-10,15,24H,1,3,5-7,11H2,(H,21,26)(H,22,27). The molecule has 1 unspecified atom stereocenters. The Morgan fingerprint density at radius 2 is 1.96 bits per heavy atom. The number of nitrogens with zero attached hydrogens (tertiary/aromatic N) is 1. The van der Waals surface area contributed by atoms with E-state index in [1.807, 2.05) is 28.5 Å². The zero-order valence-electron chi connectivity index (χ0n) is 15.2. The third-order valence-electron chi connectivity index (χ3n) is 5.07. The Hall–Kier alpha value is -2.71. The minimum atomic E-state index is -0.839. The van der Waals surface area contributed by atoms with Gasteiger partial charge < -0.3 is 20.6 Å². The lowest BCUT2D eigenvalue weighted by Crippen LogP contribution is -2.39. The van der Waals surface area contributed by atoms with Gasteiger partial charge in [-0.2, -0.15) is 0 Å². The smallest absolute Gasteiger partial charge is 0.313 e. The number of thiophene rings is 1. The highest BCUT2D eigenvalue weighted by Gasteiger charge is 2.30. The van der Waals surface area contributed by atoms with Crippen LogP contribution >= 0.6 is 11.3 Å². The third kappa shape index (κ3) is 3.65. The number of carbonyl (C=O) groups is 3. The Morgan fingerprint density at radius 1 is 1.18 bits per heavy atom. The van der Waals surface area contributed by atoms with Crippen LogP contribution in [0.2, 0.25) is 0 Å². The van der Waals surface area contributed by atoms with Crippen LogP contribution in [0.15, 0.2) is 29.6 Å².